The Morgan fingerprint density at radius 2 is 1.55 bits per heavy atom. The van der Waals surface area contributed by atoms with E-state index in [2.05, 4.69) is 32.0 Å². The molecular formula is C26H28O3. The van der Waals surface area contributed by atoms with E-state index in [-0.39, 0.29) is 5.97 Å². The molecule has 0 unspecified atom stereocenters. The summed E-state index contributed by atoms with van der Waals surface area (Å²) in [5.41, 5.74) is 4.79. The number of carbonyl (C=O) groups is 1. The van der Waals surface area contributed by atoms with Gasteiger partial charge < -0.3 is 9.47 Å². The second-order valence-electron chi connectivity index (χ2n) is 7.82. The Balaban J connectivity index is 1.71. The summed E-state index contributed by atoms with van der Waals surface area (Å²) >= 11 is 0. The van der Waals surface area contributed by atoms with E-state index in [1.165, 1.54) is 5.56 Å². The van der Waals surface area contributed by atoms with Crippen LogP contribution < -0.4 is 9.47 Å². The third-order valence-electron chi connectivity index (χ3n) is 4.87. The average Bonchev–Trinajstić information content (AvgIpc) is 2.70. The predicted molar refractivity (Wildman–Crippen MR) is 117 cm³/mol. The monoisotopic (exact) mass is 388 g/mol. The van der Waals surface area contributed by atoms with E-state index in [9.17, 15) is 4.79 Å². The molecule has 3 nitrogen and oxygen atoms in total. The van der Waals surface area contributed by atoms with Crippen LogP contribution in [0.2, 0.25) is 0 Å². The fraction of sp³-hybridized carbons (Fsp3) is 0.269. The molecule has 0 amide bonds. The first kappa shape index (κ1) is 20.7. The van der Waals surface area contributed by atoms with Crippen molar-refractivity contribution in [2.24, 2.45) is 5.92 Å². The Kier molecular flexibility index (Phi) is 6.71. The molecule has 0 bridgehead atoms. The molecule has 0 spiro atoms. The minimum Gasteiger partial charge on any atom is -0.489 e. The summed E-state index contributed by atoms with van der Waals surface area (Å²) in [5, 5.41) is 0. The zero-order valence-electron chi connectivity index (χ0n) is 17.6. The van der Waals surface area contributed by atoms with Gasteiger partial charge >= 0.3 is 5.97 Å². The first-order valence-corrected chi connectivity index (χ1v) is 10.0. The average molecular weight is 389 g/mol. The number of para-hydroxylation sites is 1. The summed E-state index contributed by atoms with van der Waals surface area (Å²) in [6.45, 7) is 8.76. The summed E-state index contributed by atoms with van der Waals surface area (Å²) in [4.78, 5) is 12.7. The Morgan fingerprint density at radius 1 is 0.862 bits per heavy atom. The highest BCUT2D eigenvalue weighted by Crippen LogP contribution is 2.21. The molecule has 0 heterocycles. The quantitative estimate of drug-likeness (QED) is 0.352. The molecular weight excluding hydrogens is 360 g/mol. The summed E-state index contributed by atoms with van der Waals surface area (Å²) in [6, 6.07) is 21.3. The smallest absolute Gasteiger partial charge is 0.343 e. The minimum absolute atomic E-state index is 0.350. The van der Waals surface area contributed by atoms with E-state index in [0.717, 1.165) is 28.9 Å². The lowest BCUT2D eigenvalue weighted by Gasteiger charge is -2.13. The number of esters is 1. The topological polar surface area (TPSA) is 35.5 Å². The molecule has 0 saturated carbocycles. The van der Waals surface area contributed by atoms with Crippen molar-refractivity contribution in [2.75, 3.05) is 0 Å². The highest BCUT2D eigenvalue weighted by atomic mass is 16.5. The van der Waals surface area contributed by atoms with Gasteiger partial charge in [-0.25, -0.2) is 4.79 Å². The van der Waals surface area contributed by atoms with Crippen molar-refractivity contribution in [3.63, 3.8) is 0 Å². The van der Waals surface area contributed by atoms with Crippen LogP contribution in [-0.4, -0.2) is 5.97 Å². The van der Waals surface area contributed by atoms with Gasteiger partial charge in [-0.3, -0.25) is 0 Å². The molecule has 0 saturated heterocycles. The van der Waals surface area contributed by atoms with Crippen LogP contribution in [0.3, 0.4) is 0 Å². The molecule has 29 heavy (non-hydrogen) atoms. The van der Waals surface area contributed by atoms with Gasteiger partial charge in [0.05, 0.1) is 5.56 Å². The number of carbonyl (C=O) groups excluding carboxylic acids is 1. The Hall–Kier alpha value is -3.07. The van der Waals surface area contributed by atoms with E-state index in [1.807, 2.05) is 50.2 Å². The zero-order chi connectivity index (χ0) is 20.8. The maximum Gasteiger partial charge on any atom is 0.343 e. The molecule has 3 aromatic carbocycles. The molecule has 0 aliphatic rings. The van der Waals surface area contributed by atoms with Crippen LogP contribution in [-0.2, 0) is 13.0 Å². The maximum absolute atomic E-state index is 12.7. The molecule has 0 aliphatic heterocycles. The Bertz CT molecular complexity index is 957. The number of rotatable bonds is 7. The standard InChI is InChI=1S/C26H28O3/c1-18(2)14-21-10-12-23(13-11-21)28-17-22-15-19(3)20(4)25(16-22)26(27)29-24-8-6-5-7-9-24/h5-13,15-16,18H,14,17H2,1-4H3. The summed E-state index contributed by atoms with van der Waals surface area (Å²) < 4.78 is 11.5. The van der Waals surface area contributed by atoms with Gasteiger partial charge in [-0.2, -0.15) is 0 Å². The van der Waals surface area contributed by atoms with E-state index >= 15 is 0 Å². The van der Waals surface area contributed by atoms with Crippen molar-refractivity contribution >= 4 is 5.97 Å². The second kappa shape index (κ2) is 9.42. The maximum atomic E-state index is 12.7. The van der Waals surface area contributed by atoms with Gasteiger partial charge in [-0.1, -0.05) is 50.2 Å². The largest absolute Gasteiger partial charge is 0.489 e. The molecule has 150 valence electrons. The number of aryl methyl sites for hydroxylation is 1. The van der Waals surface area contributed by atoms with Gasteiger partial charge in [0.2, 0.25) is 0 Å². The predicted octanol–water partition coefficient (Wildman–Crippen LogP) is 6.30. The van der Waals surface area contributed by atoms with Crippen LogP contribution in [0.25, 0.3) is 0 Å². The minimum atomic E-state index is -0.350. The van der Waals surface area contributed by atoms with Crippen molar-refractivity contribution in [1.29, 1.82) is 0 Å². The third kappa shape index (κ3) is 5.71. The van der Waals surface area contributed by atoms with Crippen molar-refractivity contribution in [1.82, 2.24) is 0 Å². The summed E-state index contributed by atoms with van der Waals surface area (Å²) in [5.74, 6) is 1.64. The van der Waals surface area contributed by atoms with Gasteiger partial charge in [0, 0.05) is 0 Å². The third-order valence-corrected chi connectivity index (χ3v) is 4.87. The summed E-state index contributed by atoms with van der Waals surface area (Å²) in [7, 11) is 0. The van der Waals surface area contributed by atoms with Crippen LogP contribution >= 0.6 is 0 Å². The Labute approximate surface area is 173 Å². The van der Waals surface area contributed by atoms with E-state index in [4.69, 9.17) is 9.47 Å². The molecule has 3 aromatic rings. The van der Waals surface area contributed by atoms with Crippen LogP contribution in [0.15, 0.2) is 66.7 Å². The molecule has 0 radical (unpaired) electrons. The highest BCUT2D eigenvalue weighted by molar-refractivity contribution is 5.93. The van der Waals surface area contributed by atoms with Crippen LogP contribution in [0, 0.1) is 19.8 Å². The van der Waals surface area contributed by atoms with Gasteiger partial charge in [0.25, 0.3) is 0 Å². The van der Waals surface area contributed by atoms with Crippen molar-refractivity contribution < 1.29 is 14.3 Å². The highest BCUT2D eigenvalue weighted by Gasteiger charge is 2.15. The zero-order valence-corrected chi connectivity index (χ0v) is 17.6. The lowest BCUT2D eigenvalue weighted by molar-refractivity contribution is 0.0733. The van der Waals surface area contributed by atoms with E-state index in [0.29, 0.717) is 23.8 Å². The molecule has 0 aliphatic carbocycles. The van der Waals surface area contributed by atoms with Crippen molar-refractivity contribution in [3.05, 3.63) is 94.5 Å². The molecule has 3 heteroatoms. The van der Waals surface area contributed by atoms with Gasteiger partial charge in [-0.15, -0.1) is 0 Å². The SMILES string of the molecule is Cc1cc(COc2ccc(CC(C)C)cc2)cc(C(=O)Oc2ccccc2)c1C. The Morgan fingerprint density at radius 3 is 2.21 bits per heavy atom. The normalized spacial score (nSPS) is 10.8. The molecule has 0 aromatic heterocycles. The van der Waals surface area contributed by atoms with Gasteiger partial charge in [0.15, 0.2) is 0 Å². The van der Waals surface area contributed by atoms with Crippen LogP contribution in [0.5, 0.6) is 11.5 Å². The van der Waals surface area contributed by atoms with Crippen molar-refractivity contribution in [3.8, 4) is 11.5 Å². The fourth-order valence-electron chi connectivity index (χ4n) is 3.24. The lowest BCUT2D eigenvalue weighted by Crippen LogP contribution is -2.12. The molecule has 0 fully saturated rings. The van der Waals surface area contributed by atoms with E-state index in [1.54, 1.807) is 12.1 Å². The van der Waals surface area contributed by atoms with Gasteiger partial charge in [-0.05, 0) is 78.8 Å². The second-order valence-corrected chi connectivity index (χ2v) is 7.82. The molecule has 3 rings (SSSR count). The van der Waals surface area contributed by atoms with Crippen LogP contribution in [0.4, 0.5) is 0 Å². The first-order chi connectivity index (χ1) is 13.9. The van der Waals surface area contributed by atoms with Gasteiger partial charge in [0.1, 0.15) is 18.1 Å². The number of ether oxygens (including phenoxy) is 2. The number of benzene rings is 3. The molecule has 0 N–H and O–H groups in total. The van der Waals surface area contributed by atoms with Crippen LogP contribution in [0.1, 0.15) is 46.5 Å². The summed E-state index contributed by atoms with van der Waals surface area (Å²) in [6.07, 6.45) is 1.06. The number of hydrogen-bond acceptors (Lipinski definition) is 3. The molecule has 0 atom stereocenters. The van der Waals surface area contributed by atoms with Crippen molar-refractivity contribution in [2.45, 2.75) is 40.7 Å². The number of hydrogen-bond donors (Lipinski definition) is 0. The fourth-order valence-corrected chi connectivity index (χ4v) is 3.24. The lowest BCUT2D eigenvalue weighted by atomic mass is 10.00. The van der Waals surface area contributed by atoms with E-state index < -0.39 is 0 Å². The first-order valence-electron chi connectivity index (χ1n) is 10.0.